The van der Waals surface area contributed by atoms with Crippen molar-refractivity contribution >= 4 is 17.4 Å². The summed E-state index contributed by atoms with van der Waals surface area (Å²) in [5.41, 5.74) is 3.43. The second kappa shape index (κ2) is 8.99. The number of para-hydroxylation sites is 1. The molecule has 6 nitrogen and oxygen atoms in total. The zero-order chi connectivity index (χ0) is 19.9. The molecule has 0 aliphatic carbocycles. The Hall–Kier alpha value is -3.41. The lowest BCUT2D eigenvalue weighted by Gasteiger charge is -2.22. The molecule has 144 valence electrons. The van der Waals surface area contributed by atoms with Gasteiger partial charge in [-0.2, -0.15) is 0 Å². The number of anilines is 2. The summed E-state index contributed by atoms with van der Waals surface area (Å²) in [6.07, 6.45) is 1.42. The van der Waals surface area contributed by atoms with Crippen LogP contribution >= 0.6 is 0 Å². The molecule has 0 aliphatic rings. The number of carbonyl (C=O) groups excluding carboxylic acids is 1. The van der Waals surface area contributed by atoms with E-state index in [1.54, 1.807) is 13.2 Å². The predicted octanol–water partition coefficient (Wildman–Crippen LogP) is 3.88. The Morgan fingerprint density at radius 1 is 1.11 bits per heavy atom. The third-order valence-corrected chi connectivity index (χ3v) is 4.42. The van der Waals surface area contributed by atoms with Crippen LogP contribution in [-0.4, -0.2) is 29.5 Å². The summed E-state index contributed by atoms with van der Waals surface area (Å²) in [5.74, 6) is 1.17. The summed E-state index contributed by atoms with van der Waals surface area (Å²) in [4.78, 5) is 23.2. The third kappa shape index (κ3) is 4.46. The predicted molar refractivity (Wildman–Crippen MR) is 110 cm³/mol. The Morgan fingerprint density at radius 3 is 2.68 bits per heavy atom. The van der Waals surface area contributed by atoms with E-state index in [1.165, 1.54) is 11.9 Å². The molecule has 6 heteroatoms. The lowest BCUT2D eigenvalue weighted by molar-refractivity contribution is 0.0945. The van der Waals surface area contributed by atoms with Crippen LogP contribution in [0.4, 0.5) is 11.5 Å². The van der Waals surface area contributed by atoms with Gasteiger partial charge in [-0.3, -0.25) is 4.79 Å². The molecule has 0 radical (unpaired) electrons. The Balaban J connectivity index is 1.77. The van der Waals surface area contributed by atoms with Gasteiger partial charge in [0.05, 0.1) is 7.11 Å². The Morgan fingerprint density at radius 2 is 1.93 bits per heavy atom. The quantitative estimate of drug-likeness (QED) is 0.678. The first kappa shape index (κ1) is 19.4. The SMILES string of the molecule is CCN(c1cccc(C)c1)c1cc(C(=O)NCc2ccccc2OC)ncn1. The molecule has 28 heavy (non-hydrogen) atoms. The van der Waals surface area contributed by atoms with Gasteiger partial charge in [0.25, 0.3) is 5.91 Å². The van der Waals surface area contributed by atoms with Crippen molar-refractivity contribution in [1.29, 1.82) is 0 Å². The van der Waals surface area contributed by atoms with Crippen LogP contribution in [0.25, 0.3) is 0 Å². The van der Waals surface area contributed by atoms with Crippen molar-refractivity contribution in [2.24, 2.45) is 0 Å². The molecule has 0 fully saturated rings. The van der Waals surface area contributed by atoms with Crippen LogP contribution < -0.4 is 15.0 Å². The summed E-state index contributed by atoms with van der Waals surface area (Å²) < 4.78 is 5.32. The molecule has 0 bridgehead atoms. The van der Waals surface area contributed by atoms with E-state index in [1.807, 2.05) is 61.2 Å². The van der Waals surface area contributed by atoms with Crippen LogP contribution in [0, 0.1) is 6.92 Å². The van der Waals surface area contributed by atoms with Crippen molar-refractivity contribution in [3.8, 4) is 5.75 Å². The Kier molecular flexibility index (Phi) is 6.22. The monoisotopic (exact) mass is 376 g/mol. The van der Waals surface area contributed by atoms with Gasteiger partial charge >= 0.3 is 0 Å². The largest absolute Gasteiger partial charge is 0.496 e. The van der Waals surface area contributed by atoms with Crippen LogP contribution in [0.1, 0.15) is 28.5 Å². The highest BCUT2D eigenvalue weighted by atomic mass is 16.5. The number of aryl methyl sites for hydroxylation is 1. The van der Waals surface area contributed by atoms with Crippen LogP contribution in [0.5, 0.6) is 5.75 Å². The maximum absolute atomic E-state index is 12.6. The van der Waals surface area contributed by atoms with Crippen molar-refractivity contribution in [3.05, 3.63) is 77.7 Å². The number of amides is 1. The fraction of sp³-hybridized carbons (Fsp3) is 0.227. The zero-order valence-electron chi connectivity index (χ0n) is 16.3. The molecule has 1 aromatic heterocycles. The number of ether oxygens (including phenoxy) is 1. The van der Waals surface area contributed by atoms with Gasteiger partial charge in [0.15, 0.2) is 0 Å². The third-order valence-electron chi connectivity index (χ3n) is 4.42. The summed E-state index contributed by atoms with van der Waals surface area (Å²) in [5, 5.41) is 2.90. The Bertz CT molecular complexity index is 959. The minimum atomic E-state index is -0.255. The number of rotatable bonds is 7. The van der Waals surface area contributed by atoms with Crippen molar-refractivity contribution in [2.45, 2.75) is 20.4 Å². The maximum atomic E-state index is 12.6. The second-order valence-corrected chi connectivity index (χ2v) is 6.34. The summed E-state index contributed by atoms with van der Waals surface area (Å²) >= 11 is 0. The highest BCUT2D eigenvalue weighted by Gasteiger charge is 2.14. The molecular weight excluding hydrogens is 352 g/mol. The van der Waals surface area contributed by atoms with Gasteiger partial charge in [-0.25, -0.2) is 9.97 Å². The summed E-state index contributed by atoms with van der Waals surface area (Å²) in [6.45, 7) is 5.18. The number of hydrogen-bond donors (Lipinski definition) is 1. The van der Waals surface area contributed by atoms with E-state index in [9.17, 15) is 4.79 Å². The van der Waals surface area contributed by atoms with Gasteiger partial charge in [0.1, 0.15) is 23.6 Å². The normalized spacial score (nSPS) is 10.4. The molecule has 3 aromatic rings. The van der Waals surface area contributed by atoms with E-state index in [-0.39, 0.29) is 5.91 Å². The summed E-state index contributed by atoms with van der Waals surface area (Å²) in [7, 11) is 1.61. The van der Waals surface area contributed by atoms with Gasteiger partial charge in [-0.15, -0.1) is 0 Å². The smallest absolute Gasteiger partial charge is 0.270 e. The second-order valence-electron chi connectivity index (χ2n) is 6.34. The lowest BCUT2D eigenvalue weighted by atomic mass is 10.2. The fourth-order valence-electron chi connectivity index (χ4n) is 3.01. The van der Waals surface area contributed by atoms with Crippen molar-refractivity contribution in [2.75, 3.05) is 18.6 Å². The standard InChI is InChI=1S/C22H24N4O2/c1-4-26(18-10-7-8-16(2)12-18)21-13-19(24-15-25-21)22(27)23-14-17-9-5-6-11-20(17)28-3/h5-13,15H,4,14H2,1-3H3,(H,23,27). The van der Waals surface area contributed by atoms with E-state index in [0.717, 1.165) is 23.5 Å². The van der Waals surface area contributed by atoms with E-state index in [0.29, 0.717) is 18.1 Å². The minimum Gasteiger partial charge on any atom is -0.496 e. The summed E-state index contributed by atoms with van der Waals surface area (Å²) in [6, 6.07) is 17.5. The molecule has 1 N–H and O–H groups in total. The molecule has 0 saturated heterocycles. The van der Waals surface area contributed by atoms with Crippen LogP contribution in [0.15, 0.2) is 60.9 Å². The van der Waals surface area contributed by atoms with Gasteiger partial charge in [0.2, 0.25) is 0 Å². The zero-order valence-corrected chi connectivity index (χ0v) is 16.3. The van der Waals surface area contributed by atoms with Gasteiger partial charge < -0.3 is 15.0 Å². The first-order valence-electron chi connectivity index (χ1n) is 9.18. The number of aromatic nitrogens is 2. The van der Waals surface area contributed by atoms with Gasteiger partial charge in [0, 0.05) is 30.4 Å². The highest BCUT2D eigenvalue weighted by Crippen LogP contribution is 2.24. The topological polar surface area (TPSA) is 67.4 Å². The van der Waals surface area contributed by atoms with Gasteiger partial charge in [-0.1, -0.05) is 30.3 Å². The Labute approximate surface area is 165 Å². The van der Waals surface area contributed by atoms with E-state index in [2.05, 4.69) is 21.4 Å². The molecule has 0 atom stereocenters. The maximum Gasteiger partial charge on any atom is 0.270 e. The minimum absolute atomic E-state index is 0.255. The van der Waals surface area contributed by atoms with E-state index < -0.39 is 0 Å². The van der Waals surface area contributed by atoms with Crippen molar-refractivity contribution in [1.82, 2.24) is 15.3 Å². The van der Waals surface area contributed by atoms with E-state index >= 15 is 0 Å². The van der Waals surface area contributed by atoms with Crippen LogP contribution in [-0.2, 0) is 6.54 Å². The molecule has 0 spiro atoms. The molecule has 0 saturated carbocycles. The molecule has 1 heterocycles. The molecular formula is C22H24N4O2. The molecule has 2 aromatic carbocycles. The first-order valence-corrected chi connectivity index (χ1v) is 9.18. The molecule has 0 aliphatic heterocycles. The first-order chi connectivity index (χ1) is 13.6. The molecule has 1 amide bonds. The number of nitrogens with zero attached hydrogens (tertiary/aromatic N) is 3. The lowest BCUT2D eigenvalue weighted by Crippen LogP contribution is -2.25. The van der Waals surface area contributed by atoms with Gasteiger partial charge in [-0.05, 0) is 37.6 Å². The number of hydrogen-bond acceptors (Lipinski definition) is 5. The molecule has 3 rings (SSSR count). The number of methoxy groups -OCH3 is 1. The average Bonchev–Trinajstić information content (AvgIpc) is 2.73. The van der Waals surface area contributed by atoms with Crippen molar-refractivity contribution < 1.29 is 9.53 Å². The number of nitrogens with one attached hydrogen (secondary N) is 1. The van der Waals surface area contributed by atoms with Crippen LogP contribution in [0.3, 0.4) is 0 Å². The van der Waals surface area contributed by atoms with E-state index in [4.69, 9.17) is 4.74 Å². The average molecular weight is 376 g/mol. The number of benzene rings is 2. The highest BCUT2D eigenvalue weighted by molar-refractivity contribution is 5.93. The number of carbonyl (C=O) groups is 1. The molecule has 0 unspecified atom stereocenters. The fourth-order valence-corrected chi connectivity index (χ4v) is 3.01. The van der Waals surface area contributed by atoms with Crippen LogP contribution in [0.2, 0.25) is 0 Å². The van der Waals surface area contributed by atoms with Crippen molar-refractivity contribution in [3.63, 3.8) is 0 Å².